The second-order valence-corrected chi connectivity index (χ2v) is 8.27. The largest absolute Gasteiger partial charge is 0.469 e. The Balaban J connectivity index is 0.000000330. The number of H-pyrrole nitrogens is 1. The summed E-state index contributed by atoms with van der Waals surface area (Å²) in [6, 6.07) is 0. The van der Waals surface area contributed by atoms with Crippen LogP contribution in [0.2, 0.25) is 0 Å². The standard InChI is InChI=1S/C10H14N5O8P.C5H9NO/c11-10-13-7-4(8(18)14-10)12-2-15(7)9-6(17)5(16)3(23-9)1-22-24(19,20)21;1-6-4-2-3-5(6)7/h2-3,5-6,9,16-17H,1H2,(H2,19,20,21)(H3,11,13,14,18);2-4H2,1H3/t3-,5-,6-,9-;/m1./s1. The summed E-state index contributed by atoms with van der Waals surface area (Å²) in [5.41, 5.74) is 4.84. The smallest absolute Gasteiger partial charge is 0.387 e. The molecule has 2 aromatic rings. The van der Waals surface area contributed by atoms with Crippen molar-refractivity contribution in [3.8, 4) is 0 Å². The molecule has 0 unspecified atom stereocenters. The molecule has 15 nitrogen and oxygen atoms in total. The highest BCUT2D eigenvalue weighted by molar-refractivity contribution is 7.46. The third-order valence-electron chi connectivity index (χ3n) is 4.78. The number of imidazole rings is 1. The van der Waals surface area contributed by atoms with E-state index in [0.717, 1.165) is 19.4 Å². The summed E-state index contributed by atoms with van der Waals surface area (Å²) in [5.74, 6) is 0.115. The van der Waals surface area contributed by atoms with Gasteiger partial charge < -0.3 is 35.4 Å². The Hall–Kier alpha value is -2.39. The number of hydrogen-bond acceptors (Lipinski definition) is 10. The van der Waals surface area contributed by atoms with E-state index >= 15 is 0 Å². The van der Waals surface area contributed by atoms with Gasteiger partial charge in [-0.2, -0.15) is 4.98 Å². The molecule has 31 heavy (non-hydrogen) atoms. The van der Waals surface area contributed by atoms with E-state index < -0.39 is 44.5 Å². The lowest BCUT2D eigenvalue weighted by Gasteiger charge is -2.16. The SMILES string of the molecule is CN1CCCC1=O.Nc1nc2c(ncn2[C@@H]2O[C@H](COP(=O)(O)O)[C@@H](O)[C@H]2O)c(=O)[nH]1. The summed E-state index contributed by atoms with van der Waals surface area (Å²) < 4.78 is 21.6. The van der Waals surface area contributed by atoms with Gasteiger partial charge in [-0.3, -0.25) is 23.7 Å². The van der Waals surface area contributed by atoms with Crippen molar-refractivity contribution in [1.82, 2.24) is 24.4 Å². The highest BCUT2D eigenvalue weighted by Crippen LogP contribution is 2.38. The van der Waals surface area contributed by atoms with Crippen molar-refractivity contribution in [3.05, 3.63) is 16.7 Å². The maximum Gasteiger partial charge on any atom is 0.469 e. The number of amides is 1. The van der Waals surface area contributed by atoms with Gasteiger partial charge in [-0.05, 0) is 6.42 Å². The molecule has 0 aromatic carbocycles. The topological polar surface area (TPSA) is 226 Å². The van der Waals surface area contributed by atoms with E-state index in [2.05, 4.69) is 19.5 Å². The molecule has 0 bridgehead atoms. The van der Waals surface area contributed by atoms with Crippen LogP contribution in [0.15, 0.2) is 11.1 Å². The predicted octanol–water partition coefficient (Wildman–Crippen LogP) is -2.33. The summed E-state index contributed by atoms with van der Waals surface area (Å²) in [6.45, 7) is 0.306. The van der Waals surface area contributed by atoms with Crippen LogP contribution >= 0.6 is 7.82 Å². The van der Waals surface area contributed by atoms with Crippen LogP contribution in [-0.2, 0) is 18.6 Å². The molecule has 172 valence electrons. The first kappa shape index (κ1) is 23.3. The van der Waals surface area contributed by atoms with Crippen molar-refractivity contribution in [2.24, 2.45) is 0 Å². The van der Waals surface area contributed by atoms with Crippen LogP contribution in [-0.4, -0.2) is 88.8 Å². The molecule has 16 heteroatoms. The molecule has 7 N–H and O–H groups in total. The van der Waals surface area contributed by atoms with Crippen molar-refractivity contribution < 1.29 is 38.6 Å². The molecule has 0 saturated carbocycles. The minimum atomic E-state index is -4.76. The van der Waals surface area contributed by atoms with Crippen LogP contribution < -0.4 is 11.3 Å². The zero-order valence-electron chi connectivity index (χ0n) is 16.4. The first-order valence-electron chi connectivity index (χ1n) is 9.16. The number of anilines is 1. The number of nitrogens with two attached hydrogens (primary N) is 1. The number of fused-ring (bicyclic) bond motifs is 1. The fourth-order valence-corrected chi connectivity index (χ4v) is 3.52. The van der Waals surface area contributed by atoms with Gasteiger partial charge in [-0.1, -0.05) is 0 Å². The van der Waals surface area contributed by atoms with Crippen molar-refractivity contribution >= 4 is 30.8 Å². The van der Waals surface area contributed by atoms with E-state index in [1.165, 1.54) is 10.9 Å². The molecule has 1 amide bonds. The molecule has 4 rings (SSSR count). The van der Waals surface area contributed by atoms with Gasteiger partial charge in [0.2, 0.25) is 11.9 Å². The fraction of sp³-hybridized carbons (Fsp3) is 0.600. The monoisotopic (exact) mass is 462 g/mol. The molecule has 4 atom stereocenters. The average Bonchev–Trinajstić information content (AvgIpc) is 3.33. The van der Waals surface area contributed by atoms with E-state index in [-0.39, 0.29) is 17.1 Å². The number of ether oxygens (including phenoxy) is 1. The maximum absolute atomic E-state index is 11.7. The van der Waals surface area contributed by atoms with E-state index in [1.807, 2.05) is 7.05 Å². The van der Waals surface area contributed by atoms with Crippen molar-refractivity contribution in [3.63, 3.8) is 0 Å². The van der Waals surface area contributed by atoms with Crippen LogP contribution in [0.3, 0.4) is 0 Å². The molecule has 4 heterocycles. The summed E-state index contributed by atoms with van der Waals surface area (Å²) in [6.07, 6.45) is -2.41. The average molecular weight is 462 g/mol. The lowest BCUT2D eigenvalue weighted by atomic mass is 10.1. The molecule has 0 spiro atoms. The normalized spacial score (nSPS) is 26.4. The summed E-state index contributed by atoms with van der Waals surface area (Å²) >= 11 is 0. The Labute approximate surface area is 174 Å². The fourth-order valence-electron chi connectivity index (χ4n) is 3.18. The molecular weight excluding hydrogens is 439 g/mol. The van der Waals surface area contributed by atoms with E-state index in [9.17, 15) is 24.4 Å². The van der Waals surface area contributed by atoms with E-state index in [0.29, 0.717) is 5.91 Å². The molecule has 0 aliphatic carbocycles. The van der Waals surface area contributed by atoms with Crippen molar-refractivity contribution in [1.29, 1.82) is 0 Å². The number of aromatic amines is 1. The molecule has 2 aliphatic heterocycles. The highest BCUT2D eigenvalue weighted by Gasteiger charge is 2.45. The number of nitrogen functional groups attached to an aromatic ring is 1. The van der Waals surface area contributed by atoms with Gasteiger partial charge in [0.05, 0.1) is 12.9 Å². The summed E-state index contributed by atoms with van der Waals surface area (Å²) in [7, 11) is -2.92. The maximum atomic E-state index is 11.7. The minimum Gasteiger partial charge on any atom is -0.387 e. The van der Waals surface area contributed by atoms with Crippen molar-refractivity contribution in [2.75, 3.05) is 25.9 Å². The number of carbonyl (C=O) groups is 1. The van der Waals surface area contributed by atoms with E-state index in [4.69, 9.17) is 20.3 Å². The number of aliphatic hydroxyl groups excluding tert-OH is 2. The van der Waals surface area contributed by atoms with E-state index in [1.54, 1.807) is 4.90 Å². The number of phosphoric acid groups is 1. The van der Waals surface area contributed by atoms with Crippen LogP contribution in [0, 0.1) is 0 Å². The number of nitrogens with zero attached hydrogens (tertiary/aromatic N) is 4. The van der Waals surface area contributed by atoms with Crippen LogP contribution in [0.5, 0.6) is 0 Å². The van der Waals surface area contributed by atoms with Gasteiger partial charge in [-0.15, -0.1) is 0 Å². The number of carbonyl (C=O) groups excluding carboxylic acids is 1. The Bertz CT molecular complexity index is 1050. The quantitative estimate of drug-likeness (QED) is 0.263. The van der Waals surface area contributed by atoms with Crippen LogP contribution in [0.1, 0.15) is 19.1 Å². The highest BCUT2D eigenvalue weighted by atomic mass is 31.2. The molecule has 2 saturated heterocycles. The van der Waals surface area contributed by atoms with Crippen LogP contribution in [0.25, 0.3) is 11.2 Å². The molecule has 2 aromatic heterocycles. The zero-order chi connectivity index (χ0) is 22.9. The summed E-state index contributed by atoms with van der Waals surface area (Å²) in [4.78, 5) is 51.4. The number of likely N-dealkylation sites (tertiary alicyclic amines) is 1. The lowest BCUT2D eigenvalue weighted by Crippen LogP contribution is -2.33. The third kappa shape index (κ3) is 5.27. The number of aromatic nitrogens is 4. The second kappa shape index (κ2) is 9.00. The van der Waals surface area contributed by atoms with Gasteiger partial charge in [-0.25, -0.2) is 9.55 Å². The Morgan fingerprint density at radius 2 is 2.06 bits per heavy atom. The second-order valence-electron chi connectivity index (χ2n) is 7.03. The number of phosphoric ester groups is 1. The minimum absolute atomic E-state index is 0.0176. The predicted molar refractivity (Wildman–Crippen MR) is 103 cm³/mol. The molecular formula is C15H23N6O9P. The molecule has 2 fully saturated rings. The Kier molecular flexibility index (Phi) is 6.76. The Morgan fingerprint density at radius 1 is 1.35 bits per heavy atom. The Morgan fingerprint density at radius 3 is 2.61 bits per heavy atom. The van der Waals surface area contributed by atoms with Gasteiger partial charge in [0.25, 0.3) is 5.56 Å². The molecule has 2 aliphatic rings. The van der Waals surface area contributed by atoms with Gasteiger partial charge in [0, 0.05) is 20.0 Å². The zero-order valence-corrected chi connectivity index (χ0v) is 17.3. The first-order chi connectivity index (χ1) is 14.5. The van der Waals surface area contributed by atoms with Gasteiger partial charge >= 0.3 is 7.82 Å². The number of aliphatic hydroxyl groups is 2. The summed E-state index contributed by atoms with van der Waals surface area (Å²) in [5, 5.41) is 20.1. The van der Waals surface area contributed by atoms with Crippen LogP contribution in [0.4, 0.5) is 5.95 Å². The number of rotatable bonds is 4. The first-order valence-corrected chi connectivity index (χ1v) is 10.7. The number of nitrogens with one attached hydrogen (secondary N) is 1. The molecule has 0 radical (unpaired) electrons. The van der Waals surface area contributed by atoms with Crippen molar-refractivity contribution in [2.45, 2.75) is 37.4 Å². The van der Waals surface area contributed by atoms with Gasteiger partial charge in [0.15, 0.2) is 17.4 Å². The lowest BCUT2D eigenvalue weighted by molar-refractivity contribution is -0.126. The number of hydrogen-bond donors (Lipinski definition) is 6. The third-order valence-corrected chi connectivity index (χ3v) is 5.26. The van der Waals surface area contributed by atoms with Gasteiger partial charge in [0.1, 0.15) is 18.3 Å².